The minimum atomic E-state index is -0.500. The molecule has 1 aliphatic rings. The van der Waals surface area contributed by atoms with Crippen LogP contribution in [0.3, 0.4) is 0 Å². The van der Waals surface area contributed by atoms with Crippen LogP contribution in [0.2, 0.25) is 5.02 Å². The summed E-state index contributed by atoms with van der Waals surface area (Å²) < 4.78 is 10.8. The van der Waals surface area contributed by atoms with Crippen LogP contribution in [0, 0.1) is 12.8 Å². The molecule has 4 heteroatoms. The van der Waals surface area contributed by atoms with Gasteiger partial charge in [0.05, 0.1) is 7.11 Å². The third-order valence-electron chi connectivity index (χ3n) is 3.65. The van der Waals surface area contributed by atoms with E-state index in [0.717, 1.165) is 34.7 Å². The van der Waals surface area contributed by atoms with Gasteiger partial charge in [-0.25, -0.2) is 4.79 Å². The van der Waals surface area contributed by atoms with Gasteiger partial charge in [-0.3, -0.25) is 0 Å². The fourth-order valence-corrected chi connectivity index (χ4v) is 2.66. The highest BCUT2D eigenvalue weighted by molar-refractivity contribution is 6.31. The Bertz CT molecular complexity index is 507. The number of carbonyl (C=O) groups is 1. The smallest absolute Gasteiger partial charge is 0.347 e. The topological polar surface area (TPSA) is 35.5 Å². The second-order valence-electron chi connectivity index (χ2n) is 5.69. The van der Waals surface area contributed by atoms with Crippen LogP contribution in [0.15, 0.2) is 12.1 Å². The first kappa shape index (κ1) is 15.2. The van der Waals surface area contributed by atoms with Gasteiger partial charge in [-0.05, 0) is 48.9 Å². The maximum absolute atomic E-state index is 11.8. The highest BCUT2D eigenvalue weighted by Gasteiger charge is 2.39. The molecule has 1 atom stereocenters. The zero-order valence-electron chi connectivity index (χ0n) is 12.4. The van der Waals surface area contributed by atoms with Crippen molar-refractivity contribution < 1.29 is 14.3 Å². The molecule has 0 heterocycles. The molecule has 0 amide bonds. The van der Waals surface area contributed by atoms with Crippen LogP contribution in [0.25, 0.3) is 0 Å². The van der Waals surface area contributed by atoms with Crippen LogP contribution in [0.1, 0.15) is 43.7 Å². The van der Waals surface area contributed by atoms with E-state index in [-0.39, 0.29) is 11.9 Å². The second-order valence-corrected chi connectivity index (χ2v) is 6.10. The molecule has 20 heavy (non-hydrogen) atoms. The number of halogens is 1. The molecule has 0 aromatic heterocycles. The van der Waals surface area contributed by atoms with Crippen molar-refractivity contribution in [1.29, 1.82) is 0 Å². The van der Waals surface area contributed by atoms with Gasteiger partial charge in [0.25, 0.3) is 0 Å². The normalized spacial score (nSPS) is 16.1. The van der Waals surface area contributed by atoms with Gasteiger partial charge in [0.2, 0.25) is 0 Å². The summed E-state index contributed by atoms with van der Waals surface area (Å²) in [5.41, 5.74) is 1.97. The average Bonchev–Trinajstić information content (AvgIpc) is 3.20. The molecule has 0 bridgehead atoms. The number of hydrogen-bond donors (Lipinski definition) is 0. The highest BCUT2D eigenvalue weighted by atomic mass is 35.5. The van der Waals surface area contributed by atoms with Crippen LogP contribution in [-0.2, 0) is 9.53 Å². The predicted octanol–water partition coefficient (Wildman–Crippen LogP) is 4.10. The molecule has 3 nitrogen and oxygen atoms in total. The monoisotopic (exact) mass is 296 g/mol. The van der Waals surface area contributed by atoms with Crippen molar-refractivity contribution in [2.75, 3.05) is 7.11 Å². The Morgan fingerprint density at radius 2 is 2.00 bits per heavy atom. The molecule has 1 fully saturated rings. The number of ether oxygens (including phenoxy) is 2. The third kappa shape index (κ3) is 3.26. The Morgan fingerprint density at radius 3 is 2.50 bits per heavy atom. The van der Waals surface area contributed by atoms with Crippen molar-refractivity contribution in [1.82, 2.24) is 0 Å². The van der Waals surface area contributed by atoms with Gasteiger partial charge in [0.1, 0.15) is 5.75 Å². The number of methoxy groups -OCH3 is 1. The van der Waals surface area contributed by atoms with E-state index < -0.39 is 6.10 Å². The van der Waals surface area contributed by atoms with E-state index in [0.29, 0.717) is 5.92 Å². The van der Waals surface area contributed by atoms with E-state index >= 15 is 0 Å². The van der Waals surface area contributed by atoms with Gasteiger partial charge in [-0.1, -0.05) is 25.4 Å². The Hall–Kier alpha value is -1.22. The molecule has 1 aliphatic carbocycles. The molecule has 1 aromatic rings. The minimum absolute atomic E-state index is 0.278. The summed E-state index contributed by atoms with van der Waals surface area (Å²) in [4.78, 5) is 11.8. The number of hydrogen-bond acceptors (Lipinski definition) is 3. The van der Waals surface area contributed by atoms with Gasteiger partial charge < -0.3 is 9.47 Å². The van der Waals surface area contributed by atoms with Crippen molar-refractivity contribution in [3.05, 3.63) is 28.3 Å². The van der Waals surface area contributed by atoms with Crippen LogP contribution in [-0.4, -0.2) is 19.2 Å². The zero-order chi connectivity index (χ0) is 14.9. The molecule has 1 aromatic carbocycles. The molecule has 1 saturated carbocycles. The average molecular weight is 297 g/mol. The molecule has 0 aliphatic heterocycles. The molecule has 0 spiro atoms. The molecule has 0 radical (unpaired) electrons. The third-order valence-corrected chi connectivity index (χ3v) is 3.98. The summed E-state index contributed by atoms with van der Waals surface area (Å²) in [6.45, 7) is 6.10. The lowest BCUT2D eigenvalue weighted by Crippen LogP contribution is -2.31. The Morgan fingerprint density at radius 1 is 1.35 bits per heavy atom. The molecule has 0 saturated heterocycles. The van der Waals surface area contributed by atoms with Crippen LogP contribution in [0.4, 0.5) is 0 Å². The van der Waals surface area contributed by atoms with E-state index in [9.17, 15) is 4.79 Å². The van der Waals surface area contributed by atoms with Gasteiger partial charge in [-0.15, -0.1) is 0 Å². The summed E-state index contributed by atoms with van der Waals surface area (Å²) in [6, 6.07) is 3.84. The van der Waals surface area contributed by atoms with Crippen molar-refractivity contribution in [3.63, 3.8) is 0 Å². The first-order valence-corrected chi connectivity index (χ1v) is 7.36. The van der Waals surface area contributed by atoms with Crippen molar-refractivity contribution in [2.45, 2.75) is 45.6 Å². The highest BCUT2D eigenvalue weighted by Crippen LogP contribution is 2.38. The van der Waals surface area contributed by atoms with Gasteiger partial charge in [0.15, 0.2) is 6.10 Å². The fourth-order valence-electron chi connectivity index (χ4n) is 2.23. The van der Waals surface area contributed by atoms with Gasteiger partial charge >= 0.3 is 5.97 Å². The quantitative estimate of drug-likeness (QED) is 0.767. The summed E-state index contributed by atoms with van der Waals surface area (Å²) in [5.74, 6) is 1.01. The maximum Gasteiger partial charge on any atom is 0.347 e. The van der Waals surface area contributed by atoms with E-state index in [1.807, 2.05) is 19.1 Å². The lowest BCUT2D eigenvalue weighted by Gasteiger charge is -2.20. The van der Waals surface area contributed by atoms with Crippen molar-refractivity contribution >= 4 is 17.6 Å². The van der Waals surface area contributed by atoms with E-state index in [1.165, 1.54) is 7.11 Å². The summed E-state index contributed by atoms with van der Waals surface area (Å²) in [6.07, 6.45) is 1.53. The van der Waals surface area contributed by atoms with Gasteiger partial charge in [0, 0.05) is 10.9 Å². The Labute approximate surface area is 125 Å². The molecular formula is C16H21ClO3. The zero-order valence-corrected chi connectivity index (χ0v) is 13.2. The van der Waals surface area contributed by atoms with Crippen molar-refractivity contribution in [2.24, 2.45) is 5.92 Å². The largest absolute Gasteiger partial charge is 0.478 e. The lowest BCUT2D eigenvalue weighted by molar-refractivity contribution is -0.149. The minimum Gasteiger partial charge on any atom is -0.478 e. The van der Waals surface area contributed by atoms with Crippen LogP contribution < -0.4 is 4.74 Å². The number of benzene rings is 1. The van der Waals surface area contributed by atoms with E-state index in [2.05, 4.69) is 13.8 Å². The first-order chi connectivity index (χ1) is 9.43. The standard InChI is InChI=1S/C16H21ClO3/c1-9(2)12-8-14(10(3)7-13(12)17)20-15(11-5-6-11)16(18)19-4/h7-9,11,15H,5-6H2,1-4H3. The lowest BCUT2D eigenvalue weighted by atomic mass is 10.0. The van der Waals surface area contributed by atoms with Crippen LogP contribution >= 0.6 is 11.6 Å². The Balaban J connectivity index is 2.27. The maximum atomic E-state index is 11.8. The second kappa shape index (κ2) is 6.04. The number of aryl methyl sites for hydroxylation is 1. The fraction of sp³-hybridized carbons (Fsp3) is 0.562. The summed E-state index contributed by atoms with van der Waals surface area (Å²) in [7, 11) is 1.40. The number of rotatable bonds is 5. The summed E-state index contributed by atoms with van der Waals surface area (Å²) in [5, 5.41) is 0.742. The summed E-state index contributed by atoms with van der Waals surface area (Å²) >= 11 is 6.25. The van der Waals surface area contributed by atoms with Crippen molar-refractivity contribution in [3.8, 4) is 5.75 Å². The van der Waals surface area contributed by atoms with Gasteiger partial charge in [-0.2, -0.15) is 0 Å². The molecule has 110 valence electrons. The SMILES string of the molecule is COC(=O)C(Oc1cc(C(C)C)c(Cl)cc1C)C1CC1. The van der Waals surface area contributed by atoms with Crippen LogP contribution in [0.5, 0.6) is 5.75 Å². The number of esters is 1. The molecule has 2 rings (SSSR count). The molecule has 0 N–H and O–H groups in total. The Kier molecular flexibility index (Phi) is 4.59. The van der Waals surface area contributed by atoms with E-state index in [4.69, 9.17) is 21.1 Å². The number of carbonyl (C=O) groups excluding carboxylic acids is 1. The predicted molar refractivity (Wildman–Crippen MR) is 79.4 cm³/mol. The molecular weight excluding hydrogens is 276 g/mol. The molecule has 1 unspecified atom stereocenters. The first-order valence-electron chi connectivity index (χ1n) is 6.98. The van der Waals surface area contributed by atoms with E-state index in [1.54, 1.807) is 0 Å².